The van der Waals surface area contributed by atoms with E-state index in [9.17, 15) is 10.4 Å². The highest BCUT2D eigenvalue weighted by molar-refractivity contribution is 5.64. The summed E-state index contributed by atoms with van der Waals surface area (Å²) in [7, 11) is 0. The lowest BCUT2D eigenvalue weighted by Crippen LogP contribution is -2.51. The molecule has 20 heavy (non-hydrogen) atoms. The van der Waals surface area contributed by atoms with Crippen molar-refractivity contribution in [3.63, 3.8) is 0 Å². The summed E-state index contributed by atoms with van der Waals surface area (Å²) in [5.41, 5.74) is 6.44. The molecule has 2 fully saturated rings. The number of nitrogens with one attached hydrogen (secondary N) is 2. The van der Waals surface area contributed by atoms with Gasteiger partial charge in [-0.3, -0.25) is 0 Å². The molecule has 1 aromatic heterocycles. The lowest BCUT2D eigenvalue weighted by Gasteiger charge is -2.29. The second kappa shape index (κ2) is 5.31. The van der Waals surface area contributed by atoms with E-state index in [1.807, 2.05) is 0 Å². The molecule has 1 aliphatic heterocycles. The number of nitrogens with zero attached hydrogens (tertiary/aromatic N) is 3. The number of hydrogen-bond donors (Lipinski definition) is 4. The smallest absolute Gasteiger partial charge is 0.168 e. The molecule has 2 aliphatic rings. The lowest BCUT2D eigenvalue weighted by atomic mass is 9.93. The minimum absolute atomic E-state index is 0.120. The van der Waals surface area contributed by atoms with Gasteiger partial charge in [0.05, 0.1) is 18.2 Å². The van der Waals surface area contributed by atoms with Crippen LogP contribution in [0.3, 0.4) is 0 Å². The van der Waals surface area contributed by atoms with Crippen molar-refractivity contribution in [2.45, 2.75) is 43.9 Å². The summed E-state index contributed by atoms with van der Waals surface area (Å²) in [5.74, 6) is 0.891. The summed E-state index contributed by atoms with van der Waals surface area (Å²) >= 11 is 0. The molecule has 7 heteroatoms. The van der Waals surface area contributed by atoms with Crippen LogP contribution >= 0.6 is 0 Å². The van der Waals surface area contributed by atoms with E-state index in [1.54, 1.807) is 4.68 Å². The van der Waals surface area contributed by atoms with Crippen molar-refractivity contribution in [1.29, 1.82) is 5.26 Å². The lowest BCUT2D eigenvalue weighted by molar-refractivity contribution is 0.0707. The first kappa shape index (κ1) is 13.2. The maximum Gasteiger partial charge on any atom is 0.168 e. The zero-order chi connectivity index (χ0) is 14.1. The molecule has 1 saturated heterocycles. The van der Waals surface area contributed by atoms with Gasteiger partial charge in [0.25, 0.3) is 0 Å². The highest BCUT2D eigenvalue weighted by Gasteiger charge is 2.30. The molecule has 7 nitrogen and oxygen atoms in total. The second-order valence-electron chi connectivity index (χ2n) is 5.58. The number of hydrogen-bond acceptors (Lipinski definition) is 6. The van der Waals surface area contributed by atoms with Crippen LogP contribution in [0.15, 0.2) is 0 Å². The van der Waals surface area contributed by atoms with Crippen LogP contribution in [0, 0.1) is 11.3 Å². The van der Waals surface area contributed by atoms with Gasteiger partial charge in [0.1, 0.15) is 17.5 Å². The van der Waals surface area contributed by atoms with E-state index in [4.69, 9.17) is 5.73 Å². The van der Waals surface area contributed by atoms with Crippen LogP contribution in [0.1, 0.15) is 37.3 Å². The summed E-state index contributed by atoms with van der Waals surface area (Å²) < 4.78 is 1.64. The van der Waals surface area contributed by atoms with Crippen LogP contribution in [-0.2, 0) is 0 Å². The molecule has 0 radical (unpaired) electrons. The maximum absolute atomic E-state index is 10.1. The van der Waals surface area contributed by atoms with Crippen molar-refractivity contribution >= 4 is 11.6 Å². The normalized spacial score (nSPS) is 26.8. The fourth-order valence-corrected chi connectivity index (χ4v) is 2.87. The van der Waals surface area contributed by atoms with Gasteiger partial charge in [0.2, 0.25) is 0 Å². The Labute approximate surface area is 117 Å². The fraction of sp³-hybridized carbons (Fsp3) is 0.692. The summed E-state index contributed by atoms with van der Waals surface area (Å²) in [6.07, 6.45) is 3.26. The number of nitrogen functional groups attached to an aromatic ring is 1. The average molecular weight is 276 g/mol. The van der Waals surface area contributed by atoms with E-state index < -0.39 is 6.10 Å². The van der Waals surface area contributed by atoms with Crippen molar-refractivity contribution in [2.24, 2.45) is 0 Å². The second-order valence-corrected chi connectivity index (χ2v) is 5.58. The molecule has 3 rings (SSSR count). The molecule has 0 aromatic carbocycles. The van der Waals surface area contributed by atoms with Gasteiger partial charge in [0.15, 0.2) is 5.82 Å². The number of aliphatic hydroxyl groups is 1. The molecular formula is C13H20N6O. The van der Waals surface area contributed by atoms with Crippen molar-refractivity contribution in [3.05, 3.63) is 5.56 Å². The minimum Gasteiger partial charge on any atom is -0.391 e. The number of aliphatic hydroxyl groups excluding tert-OH is 1. The number of nitriles is 1. The molecule has 2 heterocycles. The SMILES string of the molecule is N#Cc1c(NC2CNC2)nn(C2CCCCC2O)c1N. The van der Waals surface area contributed by atoms with Crippen LogP contribution in [0.4, 0.5) is 11.6 Å². The molecule has 0 amide bonds. The Morgan fingerprint density at radius 1 is 1.40 bits per heavy atom. The summed E-state index contributed by atoms with van der Waals surface area (Å²) in [6, 6.07) is 2.29. The number of rotatable bonds is 3. The Balaban J connectivity index is 1.88. The zero-order valence-corrected chi connectivity index (χ0v) is 11.3. The molecule has 5 N–H and O–H groups in total. The third-order valence-corrected chi connectivity index (χ3v) is 4.19. The molecule has 1 saturated carbocycles. The first-order valence-corrected chi connectivity index (χ1v) is 7.14. The third-order valence-electron chi connectivity index (χ3n) is 4.19. The highest BCUT2D eigenvalue weighted by Crippen LogP contribution is 2.33. The van der Waals surface area contributed by atoms with Crippen molar-refractivity contribution in [2.75, 3.05) is 24.1 Å². The molecule has 2 atom stereocenters. The number of anilines is 2. The van der Waals surface area contributed by atoms with E-state index in [-0.39, 0.29) is 6.04 Å². The Morgan fingerprint density at radius 3 is 2.75 bits per heavy atom. The Morgan fingerprint density at radius 2 is 2.15 bits per heavy atom. The molecule has 1 aliphatic carbocycles. The van der Waals surface area contributed by atoms with Crippen LogP contribution in [-0.4, -0.2) is 40.1 Å². The monoisotopic (exact) mass is 276 g/mol. The van der Waals surface area contributed by atoms with Gasteiger partial charge < -0.3 is 21.5 Å². The Hall–Kier alpha value is -1.78. The Bertz CT molecular complexity index is 530. The predicted molar refractivity (Wildman–Crippen MR) is 75.1 cm³/mol. The quantitative estimate of drug-likeness (QED) is 0.627. The van der Waals surface area contributed by atoms with Crippen LogP contribution in [0.2, 0.25) is 0 Å². The van der Waals surface area contributed by atoms with Crippen LogP contribution in [0.25, 0.3) is 0 Å². The molecule has 108 valence electrons. The predicted octanol–water partition coefficient (Wildman–Crippen LogP) is 0.197. The number of nitrogens with two attached hydrogens (primary N) is 1. The van der Waals surface area contributed by atoms with Gasteiger partial charge in [-0.25, -0.2) is 4.68 Å². The van der Waals surface area contributed by atoms with Gasteiger partial charge in [-0.15, -0.1) is 0 Å². The summed E-state index contributed by atoms with van der Waals surface area (Å²) in [6.45, 7) is 1.73. The minimum atomic E-state index is -0.435. The average Bonchev–Trinajstić information content (AvgIpc) is 2.71. The van der Waals surface area contributed by atoms with Gasteiger partial charge >= 0.3 is 0 Å². The number of aromatic nitrogens is 2. The van der Waals surface area contributed by atoms with Crippen LogP contribution in [0.5, 0.6) is 0 Å². The first-order valence-electron chi connectivity index (χ1n) is 7.14. The third kappa shape index (κ3) is 2.21. The standard InChI is InChI=1S/C13H20N6O/c14-5-9-12(15)19(10-3-1-2-4-11(10)20)18-13(9)17-8-6-16-7-8/h8,10-11,16,20H,1-4,6-7,15H2,(H,17,18). The zero-order valence-electron chi connectivity index (χ0n) is 11.3. The molecule has 1 aromatic rings. The molecular weight excluding hydrogens is 256 g/mol. The van der Waals surface area contributed by atoms with Gasteiger partial charge in [-0.1, -0.05) is 12.8 Å². The van der Waals surface area contributed by atoms with Gasteiger partial charge in [-0.05, 0) is 12.8 Å². The maximum atomic E-state index is 10.1. The van der Waals surface area contributed by atoms with E-state index in [0.29, 0.717) is 23.2 Å². The van der Waals surface area contributed by atoms with E-state index in [2.05, 4.69) is 21.8 Å². The first-order chi connectivity index (χ1) is 9.70. The fourth-order valence-electron chi connectivity index (χ4n) is 2.87. The molecule has 2 unspecified atom stereocenters. The van der Waals surface area contributed by atoms with Crippen molar-refractivity contribution in [3.8, 4) is 6.07 Å². The van der Waals surface area contributed by atoms with Crippen molar-refractivity contribution < 1.29 is 5.11 Å². The van der Waals surface area contributed by atoms with Gasteiger partial charge in [-0.2, -0.15) is 10.4 Å². The van der Waals surface area contributed by atoms with Gasteiger partial charge in [0, 0.05) is 13.1 Å². The van der Waals surface area contributed by atoms with Crippen LogP contribution < -0.4 is 16.4 Å². The highest BCUT2D eigenvalue weighted by atomic mass is 16.3. The Kier molecular flexibility index (Phi) is 3.51. The van der Waals surface area contributed by atoms with Crippen molar-refractivity contribution in [1.82, 2.24) is 15.1 Å². The van der Waals surface area contributed by atoms with E-state index in [1.165, 1.54) is 0 Å². The largest absolute Gasteiger partial charge is 0.391 e. The summed E-state index contributed by atoms with van der Waals surface area (Å²) in [5, 5.41) is 30.2. The topological polar surface area (TPSA) is 112 Å². The van der Waals surface area contributed by atoms with E-state index in [0.717, 1.165) is 38.8 Å². The molecule has 0 spiro atoms. The molecule has 0 bridgehead atoms. The summed E-state index contributed by atoms with van der Waals surface area (Å²) in [4.78, 5) is 0. The van der Waals surface area contributed by atoms with E-state index >= 15 is 0 Å².